The molecule has 2 N–H and O–H groups in total. The Bertz CT molecular complexity index is 1060. The van der Waals surface area contributed by atoms with Gasteiger partial charge in [0.1, 0.15) is 0 Å². The lowest BCUT2D eigenvalue weighted by molar-refractivity contribution is 0.568. The van der Waals surface area contributed by atoms with Crippen LogP contribution in [0.25, 0.3) is 10.9 Å². The number of rotatable bonds is 5. The second-order valence-corrected chi connectivity index (χ2v) is 9.09. The van der Waals surface area contributed by atoms with Crippen molar-refractivity contribution in [3.05, 3.63) is 64.3 Å². The molecule has 25 heavy (non-hydrogen) atoms. The molecule has 1 aliphatic carbocycles. The molecule has 130 valence electrons. The summed E-state index contributed by atoms with van der Waals surface area (Å²) < 4.78 is 27.8. The Morgan fingerprint density at radius 1 is 1.08 bits per heavy atom. The first-order chi connectivity index (χ1) is 11.9. The number of nitrogens with one attached hydrogen (secondary N) is 2. The lowest BCUT2D eigenvalue weighted by Gasteiger charge is -2.16. The Kier molecular flexibility index (Phi) is 4.07. The van der Waals surface area contributed by atoms with Crippen LogP contribution in [-0.4, -0.2) is 19.9 Å². The molecule has 4 nitrogen and oxygen atoms in total. The molecule has 7 heteroatoms. The number of aromatic amines is 1. The maximum absolute atomic E-state index is 12.5. The maximum Gasteiger partial charge on any atom is 0.240 e. The van der Waals surface area contributed by atoms with Crippen LogP contribution in [0.5, 0.6) is 0 Å². The van der Waals surface area contributed by atoms with E-state index in [1.54, 1.807) is 18.2 Å². The van der Waals surface area contributed by atoms with Gasteiger partial charge in [-0.25, -0.2) is 13.1 Å². The Morgan fingerprint density at radius 3 is 2.56 bits per heavy atom. The molecule has 1 aromatic heterocycles. The predicted octanol–water partition coefficient (Wildman–Crippen LogP) is 4.48. The van der Waals surface area contributed by atoms with Gasteiger partial charge in [-0.3, -0.25) is 0 Å². The van der Waals surface area contributed by atoms with Crippen LogP contribution in [0.15, 0.2) is 53.6 Å². The minimum Gasteiger partial charge on any atom is -0.361 e. The molecule has 2 aromatic carbocycles. The van der Waals surface area contributed by atoms with E-state index in [0.29, 0.717) is 16.6 Å². The molecule has 4 rings (SSSR count). The number of aromatic nitrogens is 1. The van der Waals surface area contributed by atoms with E-state index in [1.165, 1.54) is 6.07 Å². The van der Waals surface area contributed by atoms with Crippen molar-refractivity contribution in [3.8, 4) is 0 Å². The fourth-order valence-corrected chi connectivity index (χ4v) is 4.77. The van der Waals surface area contributed by atoms with E-state index in [1.807, 2.05) is 24.4 Å². The first-order valence-electron chi connectivity index (χ1n) is 7.92. The van der Waals surface area contributed by atoms with Crippen LogP contribution < -0.4 is 4.72 Å². The Hall–Kier alpha value is -1.53. The van der Waals surface area contributed by atoms with Gasteiger partial charge >= 0.3 is 0 Å². The number of fused-ring (bicyclic) bond motifs is 1. The second-order valence-electron chi connectivity index (χ2n) is 6.45. The molecule has 0 atom stereocenters. The smallest absolute Gasteiger partial charge is 0.240 e. The molecule has 0 amide bonds. The Balaban J connectivity index is 1.61. The minimum absolute atomic E-state index is 0.178. The SMILES string of the molecule is O=S(=O)(NCC1(c2c[nH]c3ccc(Cl)cc23)CC1)c1cccc(Cl)c1. The third-order valence-corrected chi connectivity index (χ3v) is 6.64. The first kappa shape index (κ1) is 16.9. The quantitative estimate of drug-likeness (QED) is 0.669. The summed E-state index contributed by atoms with van der Waals surface area (Å²) in [5.41, 5.74) is 1.93. The van der Waals surface area contributed by atoms with Crippen LogP contribution in [0.4, 0.5) is 0 Å². The molecule has 0 radical (unpaired) electrons. The van der Waals surface area contributed by atoms with Crippen LogP contribution in [-0.2, 0) is 15.4 Å². The molecule has 0 spiro atoms. The van der Waals surface area contributed by atoms with Crippen molar-refractivity contribution >= 4 is 44.1 Å². The first-order valence-corrected chi connectivity index (χ1v) is 10.2. The van der Waals surface area contributed by atoms with Crippen molar-refractivity contribution in [1.29, 1.82) is 0 Å². The summed E-state index contributed by atoms with van der Waals surface area (Å²) in [6, 6.07) is 12.0. The van der Waals surface area contributed by atoms with E-state index in [2.05, 4.69) is 9.71 Å². The topological polar surface area (TPSA) is 62.0 Å². The summed E-state index contributed by atoms with van der Waals surface area (Å²) in [4.78, 5) is 3.42. The van der Waals surface area contributed by atoms with Crippen LogP contribution in [0.2, 0.25) is 10.0 Å². The highest BCUT2D eigenvalue weighted by atomic mass is 35.5. The average molecular weight is 395 g/mol. The van der Waals surface area contributed by atoms with Gasteiger partial charge < -0.3 is 4.98 Å². The van der Waals surface area contributed by atoms with Crippen LogP contribution in [0, 0.1) is 0 Å². The molecule has 3 aromatic rings. The molecular formula is C18H16Cl2N2O2S. The van der Waals surface area contributed by atoms with Gasteiger partial charge in [0.2, 0.25) is 10.0 Å². The molecule has 0 aliphatic heterocycles. The maximum atomic E-state index is 12.5. The number of H-pyrrole nitrogens is 1. The summed E-state index contributed by atoms with van der Waals surface area (Å²) >= 11 is 12.0. The number of halogens is 2. The lowest BCUT2D eigenvalue weighted by atomic mass is 9.96. The largest absolute Gasteiger partial charge is 0.361 e. The van der Waals surface area contributed by atoms with Crippen LogP contribution in [0.1, 0.15) is 18.4 Å². The molecule has 1 fully saturated rings. The minimum atomic E-state index is -3.60. The highest BCUT2D eigenvalue weighted by Gasteiger charge is 2.46. The molecular weight excluding hydrogens is 379 g/mol. The number of hydrogen-bond acceptors (Lipinski definition) is 2. The van der Waals surface area contributed by atoms with E-state index in [4.69, 9.17) is 23.2 Å². The molecule has 0 bridgehead atoms. The third kappa shape index (κ3) is 3.17. The van der Waals surface area contributed by atoms with E-state index in [9.17, 15) is 8.42 Å². The van der Waals surface area contributed by atoms with Crippen molar-refractivity contribution in [3.63, 3.8) is 0 Å². The molecule has 0 unspecified atom stereocenters. The summed E-state index contributed by atoms with van der Waals surface area (Å²) in [5.74, 6) is 0. The summed E-state index contributed by atoms with van der Waals surface area (Å²) in [6.07, 6.45) is 3.83. The van der Waals surface area contributed by atoms with E-state index >= 15 is 0 Å². The zero-order valence-electron chi connectivity index (χ0n) is 13.2. The fourth-order valence-electron chi connectivity index (χ4n) is 3.17. The average Bonchev–Trinajstić information content (AvgIpc) is 3.25. The van der Waals surface area contributed by atoms with Gasteiger partial charge in [-0.05, 0) is 54.8 Å². The van der Waals surface area contributed by atoms with Gasteiger partial charge in [-0.1, -0.05) is 29.3 Å². The van der Waals surface area contributed by atoms with Crippen molar-refractivity contribution in [1.82, 2.24) is 9.71 Å². The summed E-state index contributed by atoms with van der Waals surface area (Å²) in [7, 11) is -3.60. The van der Waals surface area contributed by atoms with E-state index in [-0.39, 0.29) is 10.3 Å². The van der Waals surface area contributed by atoms with Crippen LogP contribution >= 0.6 is 23.2 Å². The van der Waals surface area contributed by atoms with Gasteiger partial charge in [-0.15, -0.1) is 0 Å². The van der Waals surface area contributed by atoms with Crippen molar-refractivity contribution in [2.45, 2.75) is 23.2 Å². The fraction of sp³-hybridized carbons (Fsp3) is 0.222. The highest BCUT2D eigenvalue weighted by molar-refractivity contribution is 7.89. The monoisotopic (exact) mass is 394 g/mol. The van der Waals surface area contributed by atoms with Gasteiger partial charge in [0.15, 0.2) is 0 Å². The van der Waals surface area contributed by atoms with Crippen molar-refractivity contribution in [2.24, 2.45) is 0 Å². The zero-order chi connectivity index (χ0) is 17.7. The van der Waals surface area contributed by atoms with Gasteiger partial charge in [0.25, 0.3) is 0 Å². The molecule has 1 heterocycles. The molecule has 0 saturated heterocycles. The van der Waals surface area contributed by atoms with Gasteiger partial charge in [0.05, 0.1) is 4.90 Å². The number of benzene rings is 2. The standard InChI is InChI=1S/C18H16Cl2N2O2S/c19-12-2-1-3-14(8-12)25(23,24)22-11-18(6-7-18)16-10-21-17-5-4-13(20)9-15(16)17/h1-5,8-10,21-22H,6-7,11H2. The molecule has 1 saturated carbocycles. The lowest BCUT2D eigenvalue weighted by Crippen LogP contribution is -2.32. The van der Waals surface area contributed by atoms with Crippen molar-refractivity contribution in [2.75, 3.05) is 6.54 Å². The zero-order valence-corrected chi connectivity index (χ0v) is 15.5. The predicted molar refractivity (Wildman–Crippen MR) is 101 cm³/mol. The highest BCUT2D eigenvalue weighted by Crippen LogP contribution is 2.50. The van der Waals surface area contributed by atoms with Gasteiger partial charge in [0, 0.05) is 39.1 Å². The van der Waals surface area contributed by atoms with Crippen LogP contribution in [0.3, 0.4) is 0 Å². The third-order valence-electron chi connectivity index (χ3n) is 4.78. The molecule has 1 aliphatic rings. The summed E-state index contributed by atoms with van der Waals surface area (Å²) in [6.45, 7) is 0.349. The number of sulfonamides is 1. The van der Waals surface area contributed by atoms with E-state index < -0.39 is 10.0 Å². The van der Waals surface area contributed by atoms with Gasteiger partial charge in [-0.2, -0.15) is 0 Å². The van der Waals surface area contributed by atoms with Crippen molar-refractivity contribution < 1.29 is 8.42 Å². The van der Waals surface area contributed by atoms with E-state index in [0.717, 1.165) is 29.3 Å². The number of hydrogen-bond donors (Lipinski definition) is 2. The normalized spacial score (nSPS) is 16.2. The summed E-state index contributed by atoms with van der Waals surface area (Å²) in [5, 5.41) is 2.12. The Labute approximate surface area is 156 Å². The second kappa shape index (κ2) is 6.02. The Morgan fingerprint density at radius 2 is 1.84 bits per heavy atom.